The lowest BCUT2D eigenvalue weighted by Crippen LogP contribution is -2.46. The Kier molecular flexibility index (Phi) is 6.82. The topological polar surface area (TPSA) is 35.6 Å². The van der Waals surface area contributed by atoms with Crippen molar-refractivity contribution in [2.45, 2.75) is 19.9 Å². The number of piperazine rings is 1. The van der Waals surface area contributed by atoms with Crippen molar-refractivity contribution >= 4 is 17.7 Å². The van der Waals surface area contributed by atoms with E-state index in [1.807, 2.05) is 43.3 Å². The first-order valence-electron chi connectivity index (χ1n) is 9.87. The fourth-order valence-electron chi connectivity index (χ4n) is 3.54. The quantitative estimate of drug-likeness (QED) is 0.772. The molecular formula is C23H28FN3O. The van der Waals surface area contributed by atoms with Crippen LogP contribution in [0.4, 0.5) is 10.1 Å². The Balaban J connectivity index is 1.70. The van der Waals surface area contributed by atoms with Crippen molar-refractivity contribution in [1.29, 1.82) is 0 Å². The van der Waals surface area contributed by atoms with E-state index < -0.39 is 0 Å². The van der Waals surface area contributed by atoms with E-state index >= 15 is 0 Å². The number of nitrogens with zero attached hydrogens (tertiary/aromatic N) is 2. The Morgan fingerprint density at radius 1 is 1.14 bits per heavy atom. The van der Waals surface area contributed by atoms with Gasteiger partial charge in [0.1, 0.15) is 5.82 Å². The van der Waals surface area contributed by atoms with Gasteiger partial charge in [0, 0.05) is 43.5 Å². The van der Waals surface area contributed by atoms with Crippen LogP contribution in [0.5, 0.6) is 0 Å². The van der Waals surface area contributed by atoms with Gasteiger partial charge in [0.15, 0.2) is 0 Å². The van der Waals surface area contributed by atoms with Crippen molar-refractivity contribution in [2.24, 2.45) is 0 Å². The van der Waals surface area contributed by atoms with E-state index in [0.29, 0.717) is 0 Å². The van der Waals surface area contributed by atoms with E-state index in [1.54, 1.807) is 6.08 Å². The second-order valence-corrected chi connectivity index (χ2v) is 7.10. The molecule has 1 amide bonds. The minimum atomic E-state index is -0.289. The summed E-state index contributed by atoms with van der Waals surface area (Å²) in [4.78, 5) is 17.0. The van der Waals surface area contributed by atoms with Gasteiger partial charge in [-0.1, -0.05) is 37.3 Å². The third kappa shape index (κ3) is 5.20. The molecule has 148 valence electrons. The van der Waals surface area contributed by atoms with E-state index in [1.165, 1.54) is 18.2 Å². The predicted octanol–water partition coefficient (Wildman–Crippen LogP) is 3.86. The van der Waals surface area contributed by atoms with Gasteiger partial charge < -0.3 is 15.1 Å². The van der Waals surface area contributed by atoms with Crippen LogP contribution in [-0.2, 0) is 4.79 Å². The molecule has 2 aromatic carbocycles. The lowest BCUT2D eigenvalue weighted by molar-refractivity contribution is -0.117. The molecule has 0 aromatic heterocycles. The SMILES string of the molecule is CCN1CCN(c2ccc(F)cc2C(C)NC(=O)/C=C/c2ccccc2)CC1. The number of halogens is 1. The zero-order valence-corrected chi connectivity index (χ0v) is 16.6. The summed E-state index contributed by atoms with van der Waals surface area (Å²) in [5.74, 6) is -0.478. The average molecular weight is 381 g/mol. The van der Waals surface area contributed by atoms with Crippen LogP contribution < -0.4 is 10.2 Å². The molecule has 2 aromatic rings. The van der Waals surface area contributed by atoms with Crippen LogP contribution in [0.1, 0.15) is 31.0 Å². The molecule has 1 saturated heterocycles. The van der Waals surface area contributed by atoms with Gasteiger partial charge in [0.05, 0.1) is 6.04 Å². The van der Waals surface area contributed by atoms with Gasteiger partial charge >= 0.3 is 0 Å². The molecule has 1 heterocycles. The van der Waals surface area contributed by atoms with E-state index in [0.717, 1.165) is 49.5 Å². The second kappa shape index (κ2) is 9.51. The Hall–Kier alpha value is -2.66. The number of nitrogens with one attached hydrogen (secondary N) is 1. The number of hydrogen-bond acceptors (Lipinski definition) is 3. The molecular weight excluding hydrogens is 353 g/mol. The summed E-state index contributed by atoms with van der Waals surface area (Å²) in [6.45, 7) is 8.91. The van der Waals surface area contributed by atoms with E-state index in [-0.39, 0.29) is 17.8 Å². The van der Waals surface area contributed by atoms with Crippen LogP contribution in [0.25, 0.3) is 6.08 Å². The standard InChI is InChI=1S/C23H28FN3O/c1-3-26-13-15-27(16-14-26)22-11-10-20(24)17-21(22)18(2)25-23(28)12-9-19-7-5-4-6-8-19/h4-12,17-18H,3,13-16H2,1-2H3,(H,25,28)/b12-9+. The highest BCUT2D eigenvalue weighted by molar-refractivity contribution is 5.92. The summed E-state index contributed by atoms with van der Waals surface area (Å²) in [6.07, 6.45) is 3.29. The van der Waals surface area contributed by atoms with E-state index in [2.05, 4.69) is 22.0 Å². The van der Waals surface area contributed by atoms with Crippen molar-refractivity contribution in [3.05, 3.63) is 71.6 Å². The summed E-state index contributed by atoms with van der Waals surface area (Å²) < 4.78 is 13.9. The molecule has 5 heteroatoms. The first-order chi connectivity index (χ1) is 13.6. The van der Waals surface area contributed by atoms with Crippen molar-refractivity contribution in [3.8, 4) is 0 Å². The number of rotatable bonds is 6. The van der Waals surface area contributed by atoms with Crippen LogP contribution >= 0.6 is 0 Å². The summed E-state index contributed by atoms with van der Waals surface area (Å²) in [6, 6.07) is 14.2. The number of hydrogen-bond donors (Lipinski definition) is 1. The summed E-state index contributed by atoms with van der Waals surface area (Å²) in [7, 11) is 0. The molecule has 28 heavy (non-hydrogen) atoms. The molecule has 1 aliphatic rings. The van der Waals surface area contributed by atoms with Crippen LogP contribution in [0.2, 0.25) is 0 Å². The predicted molar refractivity (Wildman–Crippen MR) is 113 cm³/mol. The zero-order chi connectivity index (χ0) is 19.9. The monoisotopic (exact) mass is 381 g/mol. The van der Waals surface area contributed by atoms with Crippen molar-refractivity contribution in [1.82, 2.24) is 10.2 Å². The normalized spacial score (nSPS) is 16.3. The Morgan fingerprint density at radius 3 is 2.54 bits per heavy atom. The maximum atomic E-state index is 13.9. The highest BCUT2D eigenvalue weighted by Crippen LogP contribution is 2.28. The zero-order valence-electron chi connectivity index (χ0n) is 16.6. The molecule has 3 rings (SSSR count). The molecule has 1 atom stereocenters. The van der Waals surface area contributed by atoms with Crippen LogP contribution in [0.15, 0.2) is 54.6 Å². The van der Waals surface area contributed by atoms with Crippen LogP contribution in [0, 0.1) is 5.82 Å². The lowest BCUT2D eigenvalue weighted by atomic mass is 10.0. The minimum Gasteiger partial charge on any atom is -0.369 e. The van der Waals surface area contributed by atoms with Gasteiger partial charge in [0.25, 0.3) is 0 Å². The van der Waals surface area contributed by atoms with E-state index in [9.17, 15) is 9.18 Å². The molecule has 0 aliphatic carbocycles. The largest absolute Gasteiger partial charge is 0.369 e. The molecule has 1 aliphatic heterocycles. The number of anilines is 1. The minimum absolute atomic E-state index is 0.192. The van der Waals surface area contributed by atoms with Crippen molar-refractivity contribution in [3.63, 3.8) is 0 Å². The molecule has 1 fully saturated rings. The van der Waals surface area contributed by atoms with Gasteiger partial charge in [-0.25, -0.2) is 4.39 Å². The maximum absolute atomic E-state index is 13.9. The Bertz CT molecular complexity index is 814. The Labute approximate surface area is 166 Å². The van der Waals surface area contributed by atoms with Crippen LogP contribution in [-0.4, -0.2) is 43.5 Å². The third-order valence-corrected chi connectivity index (χ3v) is 5.20. The van der Waals surface area contributed by atoms with Gasteiger partial charge in [-0.15, -0.1) is 0 Å². The van der Waals surface area contributed by atoms with Crippen molar-refractivity contribution < 1.29 is 9.18 Å². The second-order valence-electron chi connectivity index (χ2n) is 7.10. The molecule has 4 nitrogen and oxygen atoms in total. The number of amides is 1. The highest BCUT2D eigenvalue weighted by atomic mass is 19.1. The molecule has 0 saturated carbocycles. The fourth-order valence-corrected chi connectivity index (χ4v) is 3.54. The smallest absolute Gasteiger partial charge is 0.244 e. The molecule has 1 unspecified atom stereocenters. The lowest BCUT2D eigenvalue weighted by Gasteiger charge is -2.37. The first-order valence-corrected chi connectivity index (χ1v) is 9.87. The van der Waals surface area contributed by atoms with Crippen LogP contribution in [0.3, 0.4) is 0 Å². The van der Waals surface area contributed by atoms with Gasteiger partial charge in [-0.3, -0.25) is 4.79 Å². The molecule has 0 radical (unpaired) electrons. The third-order valence-electron chi connectivity index (χ3n) is 5.20. The van der Waals surface area contributed by atoms with Crippen molar-refractivity contribution in [2.75, 3.05) is 37.6 Å². The summed E-state index contributed by atoms with van der Waals surface area (Å²) in [5.41, 5.74) is 2.77. The molecule has 1 N–H and O–H groups in total. The number of carbonyl (C=O) groups is 1. The highest BCUT2D eigenvalue weighted by Gasteiger charge is 2.21. The first kappa shape index (κ1) is 20.1. The summed E-state index contributed by atoms with van der Waals surface area (Å²) >= 11 is 0. The average Bonchev–Trinajstić information content (AvgIpc) is 2.73. The van der Waals surface area contributed by atoms with Gasteiger partial charge in [-0.05, 0) is 43.3 Å². The number of benzene rings is 2. The number of likely N-dealkylation sites (N-methyl/N-ethyl adjacent to an activating group) is 1. The Morgan fingerprint density at radius 2 is 1.86 bits per heavy atom. The summed E-state index contributed by atoms with van der Waals surface area (Å²) in [5, 5.41) is 2.96. The fraction of sp³-hybridized carbons (Fsp3) is 0.348. The van der Waals surface area contributed by atoms with Gasteiger partial charge in [-0.2, -0.15) is 0 Å². The molecule has 0 spiro atoms. The van der Waals surface area contributed by atoms with E-state index in [4.69, 9.17) is 0 Å². The maximum Gasteiger partial charge on any atom is 0.244 e. The molecule has 0 bridgehead atoms. The van der Waals surface area contributed by atoms with Gasteiger partial charge in [0.2, 0.25) is 5.91 Å². The number of carbonyl (C=O) groups excluding carboxylic acids is 1.